The van der Waals surface area contributed by atoms with Crippen molar-refractivity contribution in [2.24, 2.45) is 0 Å². The minimum Gasteiger partial charge on any atom is -0.486 e. The van der Waals surface area contributed by atoms with Gasteiger partial charge in [0, 0.05) is 11.3 Å². The van der Waals surface area contributed by atoms with E-state index in [9.17, 15) is 4.39 Å². The molecule has 4 aromatic rings. The fraction of sp³-hybridized carbons (Fsp3) is 0.333. The van der Waals surface area contributed by atoms with Crippen LogP contribution in [0.25, 0.3) is 11.3 Å². The van der Waals surface area contributed by atoms with Crippen molar-refractivity contribution in [1.82, 2.24) is 14.9 Å². The highest BCUT2D eigenvalue weighted by atomic mass is 19.1. The van der Waals surface area contributed by atoms with E-state index in [2.05, 4.69) is 27.2 Å². The number of hydrogen-bond acceptors (Lipinski definition) is 6. The van der Waals surface area contributed by atoms with E-state index in [-0.39, 0.29) is 53.2 Å². The molecule has 1 N–H and O–H groups in total. The van der Waals surface area contributed by atoms with E-state index in [0.717, 1.165) is 56.1 Å². The minimum atomic E-state index is -0.731. The van der Waals surface area contributed by atoms with Gasteiger partial charge in [0.25, 0.3) is 0 Å². The largest absolute Gasteiger partial charge is 0.486 e. The molecular weight excluding hydrogens is 558 g/mol. The number of hydrogen-bond donors (Lipinski definition) is 1. The van der Waals surface area contributed by atoms with Gasteiger partial charge in [0.15, 0.2) is 17.4 Å². The number of benzene rings is 3. The number of likely N-dealkylation sites (tertiary alicyclic amines) is 1. The average Bonchev–Trinajstić information content (AvgIpc) is 3.41. The van der Waals surface area contributed by atoms with Crippen molar-refractivity contribution in [2.45, 2.75) is 37.6 Å². The number of aryl methyl sites for hydroxylation is 1. The Morgan fingerprint density at radius 2 is 1.70 bits per heavy atom. The number of halogens is 4. The molecule has 2 aliphatic heterocycles. The van der Waals surface area contributed by atoms with Crippen LogP contribution in [0.1, 0.15) is 47.9 Å². The molecule has 0 radical (unpaired) electrons. The zero-order chi connectivity index (χ0) is 29.7. The smallest absolute Gasteiger partial charge is 0.227 e. The molecule has 1 atom stereocenters. The number of piperidine rings is 1. The van der Waals surface area contributed by atoms with E-state index < -0.39 is 11.6 Å². The van der Waals surface area contributed by atoms with Crippen LogP contribution in [-0.4, -0.2) is 48.2 Å². The predicted molar refractivity (Wildman–Crippen MR) is 157 cm³/mol. The van der Waals surface area contributed by atoms with Crippen LogP contribution in [0, 0.1) is 23.3 Å². The van der Waals surface area contributed by atoms with Gasteiger partial charge < -0.3 is 19.9 Å². The Bertz CT molecular complexity index is 1690. The second-order valence-corrected chi connectivity index (χ2v) is 11.6. The first-order valence-electron chi connectivity index (χ1n) is 14.6. The zero-order valence-corrected chi connectivity index (χ0v) is 23.7. The van der Waals surface area contributed by atoms with Gasteiger partial charge in [-0.3, -0.25) is 0 Å². The normalized spacial score (nSPS) is 18.7. The van der Waals surface area contributed by atoms with Gasteiger partial charge in [-0.2, -0.15) is 0 Å². The van der Waals surface area contributed by atoms with Crippen molar-refractivity contribution in [3.8, 4) is 17.0 Å². The molecule has 0 amide bonds. The number of rotatable bonds is 5. The maximum absolute atomic E-state index is 15.4. The summed E-state index contributed by atoms with van der Waals surface area (Å²) in [5.74, 6) is -1.72. The highest BCUT2D eigenvalue weighted by Crippen LogP contribution is 2.46. The highest BCUT2D eigenvalue weighted by Gasteiger charge is 2.34. The van der Waals surface area contributed by atoms with E-state index in [1.807, 2.05) is 4.90 Å². The van der Waals surface area contributed by atoms with Crippen LogP contribution in [0.5, 0.6) is 5.75 Å². The molecule has 1 aromatic heterocycles. The van der Waals surface area contributed by atoms with Crippen LogP contribution in [0.2, 0.25) is 0 Å². The Morgan fingerprint density at radius 3 is 2.51 bits per heavy atom. The lowest BCUT2D eigenvalue weighted by Crippen LogP contribution is -2.35. The average molecular weight is 590 g/mol. The van der Waals surface area contributed by atoms with Crippen molar-refractivity contribution < 1.29 is 22.3 Å². The Balaban J connectivity index is 1.18. The molecule has 222 valence electrons. The summed E-state index contributed by atoms with van der Waals surface area (Å²) in [4.78, 5) is 12.6. The lowest BCUT2D eigenvalue weighted by Gasteiger charge is -2.37. The Hall–Kier alpha value is -4.18. The van der Waals surface area contributed by atoms with Crippen LogP contribution in [0.3, 0.4) is 0 Å². The van der Waals surface area contributed by atoms with E-state index in [0.29, 0.717) is 23.5 Å². The first-order valence-corrected chi connectivity index (χ1v) is 14.6. The van der Waals surface area contributed by atoms with Crippen molar-refractivity contribution in [1.29, 1.82) is 0 Å². The topological polar surface area (TPSA) is 53.5 Å². The maximum atomic E-state index is 15.4. The molecule has 1 aliphatic carbocycles. The van der Waals surface area contributed by atoms with Gasteiger partial charge in [0.1, 0.15) is 23.9 Å². The van der Waals surface area contributed by atoms with Crippen molar-refractivity contribution in [3.63, 3.8) is 0 Å². The van der Waals surface area contributed by atoms with Crippen LogP contribution in [0.15, 0.2) is 54.7 Å². The molecule has 1 fully saturated rings. The quantitative estimate of drug-likeness (QED) is 0.250. The predicted octanol–water partition coefficient (Wildman–Crippen LogP) is 7.14. The van der Waals surface area contributed by atoms with Crippen molar-refractivity contribution in [3.05, 3.63) is 94.7 Å². The molecule has 0 spiro atoms. The first-order chi connectivity index (χ1) is 20.8. The van der Waals surface area contributed by atoms with Gasteiger partial charge in [0.05, 0.1) is 24.5 Å². The summed E-state index contributed by atoms with van der Waals surface area (Å²) in [5, 5.41) is 2.96. The van der Waals surface area contributed by atoms with E-state index in [1.165, 1.54) is 24.3 Å². The Labute approximate surface area is 247 Å². The molecule has 0 saturated carbocycles. The van der Waals surface area contributed by atoms with Gasteiger partial charge in [-0.25, -0.2) is 27.5 Å². The standard InChI is InChI=1S/C33H31F4N5O/c1-41-10-8-20(9-11-41)24-6-5-23(17-26(24)35)39-33-38-18-28(37)31(40-33)21-14-27(36)32-30(15-21)42(12-13-43-32)29-7-3-19-2-4-22(34)16-25(19)29/h2,4-6,14-18,20,29H,3,7-13H2,1H3,(H,38,39,40). The van der Waals surface area contributed by atoms with Gasteiger partial charge in [-0.05, 0) is 105 Å². The molecule has 3 heterocycles. The number of nitrogens with zero attached hydrogens (tertiary/aromatic N) is 4. The summed E-state index contributed by atoms with van der Waals surface area (Å²) in [7, 11) is 2.07. The third kappa shape index (κ3) is 5.29. The molecule has 6 nitrogen and oxygen atoms in total. The van der Waals surface area contributed by atoms with Gasteiger partial charge in [-0.15, -0.1) is 0 Å². The number of ether oxygens (including phenoxy) is 1. The van der Waals surface area contributed by atoms with E-state index >= 15 is 13.2 Å². The molecule has 1 unspecified atom stereocenters. The van der Waals surface area contributed by atoms with Gasteiger partial charge in [-0.1, -0.05) is 12.1 Å². The molecule has 7 rings (SSSR count). The van der Waals surface area contributed by atoms with Crippen molar-refractivity contribution >= 4 is 17.3 Å². The monoisotopic (exact) mass is 589 g/mol. The third-order valence-electron chi connectivity index (χ3n) is 8.87. The number of fused-ring (bicyclic) bond motifs is 2. The van der Waals surface area contributed by atoms with Crippen LogP contribution < -0.4 is 15.0 Å². The molecule has 43 heavy (non-hydrogen) atoms. The van der Waals surface area contributed by atoms with Crippen molar-refractivity contribution in [2.75, 3.05) is 43.5 Å². The molecule has 0 bridgehead atoms. The lowest BCUT2D eigenvalue weighted by molar-refractivity contribution is 0.253. The first kappa shape index (κ1) is 27.6. The minimum absolute atomic E-state index is 0.0503. The molecule has 3 aliphatic rings. The fourth-order valence-electron chi connectivity index (χ4n) is 6.65. The Kier molecular flexibility index (Phi) is 7.17. The second kappa shape index (κ2) is 11.1. The molecule has 1 saturated heterocycles. The number of nitrogens with one attached hydrogen (secondary N) is 1. The van der Waals surface area contributed by atoms with Crippen LogP contribution in [-0.2, 0) is 6.42 Å². The van der Waals surface area contributed by atoms with E-state index in [4.69, 9.17) is 4.74 Å². The Morgan fingerprint density at radius 1 is 0.860 bits per heavy atom. The summed E-state index contributed by atoms with van der Waals surface area (Å²) in [6, 6.07) is 12.4. The number of anilines is 3. The maximum Gasteiger partial charge on any atom is 0.227 e. The van der Waals surface area contributed by atoms with E-state index in [1.54, 1.807) is 24.3 Å². The molecule has 10 heteroatoms. The fourth-order valence-corrected chi connectivity index (χ4v) is 6.65. The summed E-state index contributed by atoms with van der Waals surface area (Å²) >= 11 is 0. The third-order valence-corrected chi connectivity index (χ3v) is 8.87. The lowest BCUT2D eigenvalue weighted by atomic mass is 9.89. The number of aromatic nitrogens is 2. The van der Waals surface area contributed by atoms with Crippen LogP contribution >= 0.6 is 0 Å². The zero-order valence-electron chi connectivity index (χ0n) is 23.7. The second-order valence-electron chi connectivity index (χ2n) is 11.6. The van der Waals surface area contributed by atoms with Crippen LogP contribution in [0.4, 0.5) is 34.9 Å². The van der Waals surface area contributed by atoms with Gasteiger partial charge in [0.2, 0.25) is 5.95 Å². The molecule has 3 aromatic carbocycles. The summed E-state index contributed by atoms with van der Waals surface area (Å²) in [6.45, 7) is 2.59. The summed E-state index contributed by atoms with van der Waals surface area (Å²) in [5.41, 5.74) is 3.60. The summed E-state index contributed by atoms with van der Waals surface area (Å²) < 4.78 is 65.5. The SMILES string of the molecule is CN1CCC(c2ccc(Nc3ncc(F)c(-c4cc(F)c5c(c4)N(C4CCc6ccc(F)cc64)CCO5)n3)cc2F)CC1. The summed E-state index contributed by atoms with van der Waals surface area (Å²) in [6.07, 6.45) is 4.33. The highest BCUT2D eigenvalue weighted by molar-refractivity contribution is 5.73. The molecular formula is C33H31F4N5O. The van der Waals surface area contributed by atoms with Gasteiger partial charge >= 0.3 is 0 Å².